The lowest BCUT2D eigenvalue weighted by molar-refractivity contribution is -0.142. The number of carbonyl (C=O) groups is 2. The van der Waals surface area contributed by atoms with E-state index < -0.39 is 17.8 Å². The Kier molecular flexibility index (Phi) is 4.31. The van der Waals surface area contributed by atoms with Gasteiger partial charge in [-0.15, -0.1) is 11.3 Å². The quantitative estimate of drug-likeness (QED) is 0.854. The summed E-state index contributed by atoms with van der Waals surface area (Å²) in [4.78, 5) is 24.4. The number of halogens is 1. The van der Waals surface area contributed by atoms with Crippen LogP contribution < -0.4 is 0 Å². The number of hydrogen-bond donors (Lipinski definition) is 1. The van der Waals surface area contributed by atoms with Crippen LogP contribution in [0.1, 0.15) is 41.4 Å². The van der Waals surface area contributed by atoms with E-state index in [1.165, 1.54) is 11.3 Å². The third-order valence-corrected chi connectivity index (χ3v) is 5.56. The number of carbonyl (C=O) groups excluding carboxylic acids is 1. The highest BCUT2D eigenvalue weighted by Crippen LogP contribution is 2.41. The van der Waals surface area contributed by atoms with Crippen LogP contribution >= 0.6 is 22.9 Å². The fourth-order valence-corrected chi connectivity index (χ4v) is 4.01. The predicted octanol–water partition coefficient (Wildman–Crippen LogP) is 4.03. The number of carboxylic acids is 1. The Hall–Kier alpha value is -0.870. The second kappa shape index (κ2) is 5.63. The molecule has 1 aliphatic carbocycles. The summed E-state index contributed by atoms with van der Waals surface area (Å²) in [7, 11) is 0. The molecule has 1 aliphatic rings. The van der Waals surface area contributed by atoms with Crippen LogP contribution in [0.3, 0.4) is 0 Å². The van der Waals surface area contributed by atoms with Crippen molar-refractivity contribution < 1.29 is 14.7 Å². The minimum atomic E-state index is -0.853. The summed E-state index contributed by atoms with van der Waals surface area (Å²) in [5.74, 6) is -1.50. The third-order valence-electron chi connectivity index (χ3n) is 3.99. The molecular weight excluding hydrogens is 284 g/mol. The van der Waals surface area contributed by atoms with Gasteiger partial charge >= 0.3 is 5.97 Å². The molecule has 0 aliphatic heterocycles. The standard InChI is InChI=1S/C14H17ClO3S/c1-3-8-5-9(10(6-8)14(17)18)12(16)11-4-7(2)13(15)19-11/h4,8-10H,3,5-6H2,1-2H3,(H,17,18). The van der Waals surface area contributed by atoms with Gasteiger partial charge in [-0.05, 0) is 37.3 Å². The van der Waals surface area contributed by atoms with Crippen LogP contribution in [-0.4, -0.2) is 16.9 Å². The van der Waals surface area contributed by atoms with Gasteiger partial charge in [-0.1, -0.05) is 24.9 Å². The number of aliphatic carboxylic acids is 1. The smallest absolute Gasteiger partial charge is 0.307 e. The molecule has 2 rings (SSSR count). The fraction of sp³-hybridized carbons (Fsp3) is 0.571. The minimum Gasteiger partial charge on any atom is -0.481 e. The minimum absolute atomic E-state index is 0.0525. The lowest BCUT2D eigenvalue weighted by Crippen LogP contribution is -2.24. The maximum absolute atomic E-state index is 12.5. The van der Waals surface area contributed by atoms with Crippen molar-refractivity contribution in [3.63, 3.8) is 0 Å². The van der Waals surface area contributed by atoms with E-state index in [1.54, 1.807) is 6.07 Å². The summed E-state index contributed by atoms with van der Waals surface area (Å²) in [6.45, 7) is 3.90. The molecule has 0 amide bonds. The molecule has 1 aromatic heterocycles. The highest BCUT2D eigenvalue weighted by atomic mass is 35.5. The zero-order valence-corrected chi connectivity index (χ0v) is 12.6. The van der Waals surface area contributed by atoms with E-state index in [0.717, 1.165) is 12.0 Å². The molecule has 1 aromatic rings. The molecule has 0 radical (unpaired) electrons. The van der Waals surface area contributed by atoms with Crippen molar-refractivity contribution in [3.8, 4) is 0 Å². The number of thiophene rings is 1. The number of rotatable bonds is 4. The van der Waals surface area contributed by atoms with Crippen LogP contribution in [0.4, 0.5) is 0 Å². The van der Waals surface area contributed by atoms with Crippen molar-refractivity contribution in [1.82, 2.24) is 0 Å². The summed E-state index contributed by atoms with van der Waals surface area (Å²) >= 11 is 7.24. The highest BCUT2D eigenvalue weighted by molar-refractivity contribution is 7.18. The second-order valence-corrected chi connectivity index (χ2v) is 6.88. The van der Waals surface area contributed by atoms with Gasteiger partial charge in [0.15, 0.2) is 5.78 Å². The van der Waals surface area contributed by atoms with Crippen molar-refractivity contribution in [1.29, 1.82) is 0 Å². The number of hydrogen-bond acceptors (Lipinski definition) is 3. The average Bonchev–Trinajstić information content (AvgIpc) is 2.93. The Morgan fingerprint density at radius 3 is 2.53 bits per heavy atom. The van der Waals surface area contributed by atoms with E-state index >= 15 is 0 Å². The Labute approximate surface area is 121 Å². The van der Waals surface area contributed by atoms with E-state index in [9.17, 15) is 14.7 Å². The van der Waals surface area contributed by atoms with Crippen LogP contribution in [0.5, 0.6) is 0 Å². The Morgan fingerprint density at radius 1 is 1.42 bits per heavy atom. The van der Waals surface area contributed by atoms with Crippen LogP contribution in [0.25, 0.3) is 0 Å². The van der Waals surface area contributed by atoms with Gasteiger partial charge in [0.1, 0.15) is 0 Å². The first-order valence-electron chi connectivity index (χ1n) is 6.47. The normalized spacial score (nSPS) is 26.6. The van der Waals surface area contributed by atoms with Gasteiger partial charge in [-0.25, -0.2) is 0 Å². The Morgan fingerprint density at radius 2 is 2.05 bits per heavy atom. The summed E-state index contributed by atoms with van der Waals surface area (Å²) < 4.78 is 0.611. The van der Waals surface area contributed by atoms with Gasteiger partial charge in [0, 0.05) is 5.92 Å². The molecule has 1 fully saturated rings. The molecule has 0 aromatic carbocycles. The van der Waals surface area contributed by atoms with Crippen molar-refractivity contribution in [2.45, 2.75) is 33.1 Å². The van der Waals surface area contributed by atoms with Crippen molar-refractivity contribution in [2.24, 2.45) is 17.8 Å². The zero-order valence-electron chi connectivity index (χ0n) is 11.0. The Balaban J connectivity index is 2.23. The third kappa shape index (κ3) is 2.84. The van der Waals surface area contributed by atoms with E-state index in [0.29, 0.717) is 28.0 Å². The summed E-state index contributed by atoms with van der Waals surface area (Å²) in [6, 6.07) is 1.77. The van der Waals surface area contributed by atoms with Crippen LogP contribution in [0.15, 0.2) is 6.07 Å². The number of ketones is 1. The molecule has 0 spiro atoms. The first-order chi connectivity index (χ1) is 8.93. The van der Waals surface area contributed by atoms with Gasteiger partial charge in [0.2, 0.25) is 0 Å². The zero-order chi connectivity index (χ0) is 14.2. The molecule has 1 N–H and O–H groups in total. The summed E-state index contributed by atoms with van der Waals surface area (Å²) in [5.41, 5.74) is 0.881. The molecule has 19 heavy (non-hydrogen) atoms. The topological polar surface area (TPSA) is 54.4 Å². The van der Waals surface area contributed by atoms with Crippen molar-refractivity contribution in [3.05, 3.63) is 20.8 Å². The van der Waals surface area contributed by atoms with Crippen LogP contribution in [-0.2, 0) is 4.79 Å². The maximum Gasteiger partial charge on any atom is 0.307 e. The maximum atomic E-state index is 12.5. The lowest BCUT2D eigenvalue weighted by atomic mass is 9.91. The van der Waals surface area contributed by atoms with E-state index in [2.05, 4.69) is 0 Å². The first-order valence-corrected chi connectivity index (χ1v) is 7.66. The number of Topliss-reactive ketones (excluding diaryl/α,β-unsaturated/α-hetero) is 1. The van der Waals surface area contributed by atoms with Gasteiger partial charge in [-0.3, -0.25) is 9.59 Å². The Bertz CT molecular complexity index is 489. The average molecular weight is 301 g/mol. The van der Waals surface area contributed by atoms with Gasteiger partial charge in [0.25, 0.3) is 0 Å². The molecule has 1 saturated carbocycles. The number of carboxylic acid groups (broad SMARTS) is 1. The SMILES string of the molecule is CCC1CC(C(=O)O)C(C(=O)c2cc(C)c(Cl)s2)C1. The molecule has 1 heterocycles. The summed E-state index contributed by atoms with van der Waals surface area (Å²) in [6.07, 6.45) is 2.22. The monoisotopic (exact) mass is 300 g/mol. The molecule has 0 saturated heterocycles. The molecule has 3 nitrogen and oxygen atoms in total. The van der Waals surface area contributed by atoms with Crippen molar-refractivity contribution >= 4 is 34.7 Å². The summed E-state index contributed by atoms with van der Waals surface area (Å²) in [5, 5.41) is 9.28. The molecular formula is C14H17ClO3S. The molecule has 104 valence electrons. The molecule has 3 atom stereocenters. The molecule has 3 unspecified atom stereocenters. The number of aryl methyl sites for hydroxylation is 1. The van der Waals surface area contributed by atoms with Gasteiger partial charge < -0.3 is 5.11 Å². The van der Waals surface area contributed by atoms with Gasteiger partial charge in [-0.2, -0.15) is 0 Å². The van der Waals surface area contributed by atoms with Gasteiger partial charge in [0.05, 0.1) is 15.1 Å². The van der Waals surface area contributed by atoms with E-state index in [-0.39, 0.29) is 5.78 Å². The van der Waals surface area contributed by atoms with Crippen LogP contribution in [0, 0.1) is 24.7 Å². The second-order valence-electron chi connectivity index (χ2n) is 5.23. The predicted molar refractivity (Wildman–Crippen MR) is 76.0 cm³/mol. The molecule has 5 heteroatoms. The fourth-order valence-electron chi connectivity index (χ4n) is 2.80. The lowest BCUT2D eigenvalue weighted by Gasteiger charge is -2.12. The largest absolute Gasteiger partial charge is 0.481 e. The van der Waals surface area contributed by atoms with Crippen molar-refractivity contribution in [2.75, 3.05) is 0 Å². The van der Waals surface area contributed by atoms with Crippen LogP contribution in [0.2, 0.25) is 4.34 Å². The van der Waals surface area contributed by atoms with E-state index in [4.69, 9.17) is 11.6 Å². The van der Waals surface area contributed by atoms with E-state index in [1.807, 2.05) is 13.8 Å². The molecule has 0 bridgehead atoms. The highest BCUT2D eigenvalue weighted by Gasteiger charge is 2.42. The first kappa shape index (κ1) is 14.5.